The number of carbonyl (C=O) groups excluding carboxylic acids is 2. The van der Waals surface area contributed by atoms with Crippen LogP contribution in [-0.2, 0) is 4.79 Å². The van der Waals surface area contributed by atoms with Crippen molar-refractivity contribution in [3.63, 3.8) is 0 Å². The van der Waals surface area contributed by atoms with E-state index in [9.17, 15) is 9.59 Å². The maximum atomic E-state index is 13.5. The summed E-state index contributed by atoms with van der Waals surface area (Å²) in [4.78, 5) is 28.6. The number of amides is 2. The third-order valence-corrected chi connectivity index (χ3v) is 7.34. The number of benzene rings is 2. The Morgan fingerprint density at radius 2 is 1.83 bits per heavy atom. The third-order valence-electron chi connectivity index (χ3n) is 5.80. The summed E-state index contributed by atoms with van der Waals surface area (Å²) in [5.74, 6) is 0.577. The number of rotatable bonds is 5. The molecule has 1 saturated heterocycles. The van der Waals surface area contributed by atoms with Crippen molar-refractivity contribution in [3.05, 3.63) is 59.2 Å². The van der Waals surface area contributed by atoms with Crippen LogP contribution in [0.25, 0.3) is 0 Å². The highest BCUT2D eigenvalue weighted by atomic mass is 32.2. The fourth-order valence-electron chi connectivity index (χ4n) is 4.37. The second kappa shape index (κ2) is 7.54. The topological polar surface area (TPSA) is 67.9 Å². The van der Waals surface area contributed by atoms with Crippen LogP contribution < -0.4 is 14.8 Å². The Kier molecular flexibility index (Phi) is 5.18. The van der Waals surface area contributed by atoms with Crippen LogP contribution >= 0.6 is 11.8 Å². The molecule has 2 heterocycles. The summed E-state index contributed by atoms with van der Waals surface area (Å²) < 4.78 is 10.4. The molecule has 0 aromatic heterocycles. The molecule has 2 aromatic rings. The molecule has 1 fully saturated rings. The zero-order valence-corrected chi connectivity index (χ0v) is 18.6. The molecule has 30 heavy (non-hydrogen) atoms. The highest BCUT2D eigenvalue weighted by Crippen LogP contribution is 2.58. The Morgan fingerprint density at radius 1 is 1.13 bits per heavy atom. The maximum absolute atomic E-state index is 13.5. The SMILES string of the molecule is COc1ccc2c(c1OC)C(=O)N1[C@@H](C(=O)N[C@H](C)c3ccccc3)C(C)(C)S[C@@H]21. The van der Waals surface area contributed by atoms with Crippen molar-refractivity contribution in [1.29, 1.82) is 0 Å². The van der Waals surface area contributed by atoms with Gasteiger partial charge < -0.3 is 19.7 Å². The second-order valence-electron chi connectivity index (χ2n) is 8.09. The Morgan fingerprint density at radius 3 is 2.47 bits per heavy atom. The quantitative estimate of drug-likeness (QED) is 0.785. The van der Waals surface area contributed by atoms with Crippen molar-refractivity contribution in [2.75, 3.05) is 14.2 Å². The molecule has 2 amide bonds. The number of hydrogen-bond donors (Lipinski definition) is 1. The summed E-state index contributed by atoms with van der Waals surface area (Å²) in [5.41, 5.74) is 2.37. The molecule has 0 unspecified atom stereocenters. The maximum Gasteiger partial charge on any atom is 0.260 e. The first-order chi connectivity index (χ1) is 14.3. The van der Waals surface area contributed by atoms with Gasteiger partial charge in [0.2, 0.25) is 5.91 Å². The van der Waals surface area contributed by atoms with Gasteiger partial charge in [0, 0.05) is 10.3 Å². The molecule has 0 saturated carbocycles. The summed E-state index contributed by atoms with van der Waals surface area (Å²) in [6, 6.07) is 12.8. The molecule has 4 rings (SSSR count). The molecule has 0 aliphatic carbocycles. The lowest BCUT2D eigenvalue weighted by atomic mass is 9.99. The van der Waals surface area contributed by atoms with Crippen LogP contribution in [0, 0.1) is 0 Å². The average Bonchev–Trinajstić information content (AvgIpc) is 3.16. The number of thioether (sulfide) groups is 1. The monoisotopic (exact) mass is 426 g/mol. The van der Waals surface area contributed by atoms with E-state index in [1.807, 2.05) is 63.2 Å². The van der Waals surface area contributed by atoms with Crippen molar-refractivity contribution in [2.24, 2.45) is 0 Å². The van der Waals surface area contributed by atoms with Gasteiger partial charge in [-0.05, 0) is 32.4 Å². The number of fused-ring (bicyclic) bond motifs is 3. The highest BCUT2D eigenvalue weighted by Gasteiger charge is 2.58. The molecule has 7 heteroatoms. The minimum atomic E-state index is -0.603. The van der Waals surface area contributed by atoms with Crippen LogP contribution in [0.2, 0.25) is 0 Å². The lowest BCUT2D eigenvalue weighted by Crippen LogP contribution is -2.52. The van der Waals surface area contributed by atoms with E-state index in [0.29, 0.717) is 17.1 Å². The van der Waals surface area contributed by atoms with Gasteiger partial charge in [-0.2, -0.15) is 0 Å². The van der Waals surface area contributed by atoms with Crippen molar-refractivity contribution in [2.45, 2.75) is 43.0 Å². The predicted octanol–water partition coefficient (Wildman–Crippen LogP) is 3.93. The van der Waals surface area contributed by atoms with Crippen LogP contribution in [-0.4, -0.2) is 41.7 Å². The average molecular weight is 427 g/mol. The Balaban J connectivity index is 1.67. The van der Waals surface area contributed by atoms with Gasteiger partial charge in [-0.1, -0.05) is 36.4 Å². The Hall–Kier alpha value is -2.67. The standard InChI is InChI=1S/C23H26N2O4S/c1-13(14-9-7-6-8-10-14)24-20(26)19-23(2,3)30-22-15-11-12-16(28-4)18(29-5)17(15)21(27)25(19)22/h6-13,19,22H,1-5H3,(H,24,26)/t13-,19+,22+/m1/s1. The normalized spacial score (nSPS) is 22.3. The van der Waals surface area contributed by atoms with Gasteiger partial charge >= 0.3 is 0 Å². The Bertz CT molecular complexity index is 992. The third kappa shape index (κ3) is 3.12. The molecule has 3 atom stereocenters. The van der Waals surface area contributed by atoms with Gasteiger partial charge in [0.15, 0.2) is 11.5 Å². The highest BCUT2D eigenvalue weighted by molar-refractivity contribution is 8.01. The van der Waals surface area contributed by atoms with Gasteiger partial charge in [0.05, 0.1) is 25.8 Å². The lowest BCUT2D eigenvalue weighted by Gasteiger charge is -2.30. The van der Waals surface area contributed by atoms with Gasteiger partial charge in [0.25, 0.3) is 5.91 Å². The molecule has 1 N–H and O–H groups in total. The van der Waals surface area contributed by atoms with Crippen molar-refractivity contribution in [1.82, 2.24) is 10.2 Å². The Labute approximate surface area is 180 Å². The van der Waals surface area contributed by atoms with Gasteiger partial charge in [-0.3, -0.25) is 9.59 Å². The molecule has 2 aliphatic rings. The van der Waals surface area contributed by atoms with Crippen molar-refractivity contribution >= 4 is 23.6 Å². The fraction of sp³-hybridized carbons (Fsp3) is 0.391. The number of nitrogens with zero attached hydrogens (tertiary/aromatic N) is 1. The van der Waals surface area contributed by atoms with E-state index < -0.39 is 10.8 Å². The van der Waals surface area contributed by atoms with E-state index in [-0.39, 0.29) is 23.2 Å². The summed E-state index contributed by atoms with van der Waals surface area (Å²) in [7, 11) is 3.07. The van der Waals surface area contributed by atoms with E-state index in [1.165, 1.54) is 7.11 Å². The summed E-state index contributed by atoms with van der Waals surface area (Å²) >= 11 is 1.62. The summed E-state index contributed by atoms with van der Waals surface area (Å²) in [5, 5.41) is 2.87. The van der Waals surface area contributed by atoms with E-state index >= 15 is 0 Å². The van der Waals surface area contributed by atoms with Crippen LogP contribution in [0.4, 0.5) is 0 Å². The number of methoxy groups -OCH3 is 2. The zero-order valence-electron chi connectivity index (χ0n) is 17.8. The van der Waals surface area contributed by atoms with Gasteiger partial charge in [0.1, 0.15) is 11.4 Å². The number of carbonyl (C=O) groups is 2. The van der Waals surface area contributed by atoms with Crippen LogP contribution in [0.3, 0.4) is 0 Å². The summed E-state index contributed by atoms with van der Waals surface area (Å²) in [6.45, 7) is 5.98. The first-order valence-corrected chi connectivity index (χ1v) is 10.8. The van der Waals surface area contributed by atoms with Gasteiger partial charge in [-0.15, -0.1) is 11.8 Å². The molecule has 2 aromatic carbocycles. The van der Waals surface area contributed by atoms with Crippen molar-refractivity contribution in [3.8, 4) is 11.5 Å². The molecular formula is C23H26N2O4S. The molecule has 6 nitrogen and oxygen atoms in total. The number of hydrogen-bond acceptors (Lipinski definition) is 5. The van der Waals surface area contributed by atoms with E-state index in [4.69, 9.17) is 9.47 Å². The van der Waals surface area contributed by atoms with Crippen LogP contribution in [0.15, 0.2) is 42.5 Å². The van der Waals surface area contributed by atoms with E-state index in [0.717, 1.165) is 11.1 Å². The molecule has 158 valence electrons. The van der Waals surface area contributed by atoms with Crippen molar-refractivity contribution < 1.29 is 19.1 Å². The molecule has 0 bridgehead atoms. The first-order valence-electron chi connectivity index (χ1n) is 9.90. The number of ether oxygens (including phenoxy) is 2. The minimum absolute atomic E-state index is 0.154. The minimum Gasteiger partial charge on any atom is -0.493 e. The van der Waals surface area contributed by atoms with Crippen LogP contribution in [0.1, 0.15) is 53.7 Å². The smallest absolute Gasteiger partial charge is 0.260 e. The second-order valence-corrected chi connectivity index (χ2v) is 9.83. The zero-order chi connectivity index (χ0) is 21.6. The van der Waals surface area contributed by atoms with Gasteiger partial charge in [-0.25, -0.2) is 0 Å². The fourth-order valence-corrected chi connectivity index (χ4v) is 5.95. The number of nitrogens with one attached hydrogen (secondary N) is 1. The van der Waals surface area contributed by atoms with E-state index in [2.05, 4.69) is 5.32 Å². The largest absolute Gasteiger partial charge is 0.493 e. The predicted molar refractivity (Wildman–Crippen MR) is 117 cm³/mol. The molecular weight excluding hydrogens is 400 g/mol. The summed E-state index contributed by atoms with van der Waals surface area (Å²) in [6.07, 6.45) is 0. The lowest BCUT2D eigenvalue weighted by molar-refractivity contribution is -0.126. The molecule has 2 aliphatic heterocycles. The van der Waals surface area contributed by atoms with Crippen LogP contribution in [0.5, 0.6) is 11.5 Å². The molecule has 0 spiro atoms. The first kappa shape index (κ1) is 20.6. The van der Waals surface area contributed by atoms with E-state index in [1.54, 1.807) is 23.8 Å². The molecule has 0 radical (unpaired) electrons.